The Morgan fingerprint density at radius 3 is 2.87 bits per heavy atom. The SMILES string of the molecule is COC1=CC(=O)C(=O)C2=C1NCC=CC2. The number of Topliss-reactive ketones (excluding diaryl/α,β-unsaturated/α-hetero) is 1. The van der Waals surface area contributed by atoms with E-state index in [9.17, 15) is 9.59 Å². The molecule has 0 amide bonds. The molecule has 0 aromatic carbocycles. The molecule has 4 heteroatoms. The number of nitrogens with one attached hydrogen (secondary N) is 1. The maximum absolute atomic E-state index is 11.6. The van der Waals surface area contributed by atoms with Crippen LogP contribution in [0.3, 0.4) is 0 Å². The highest BCUT2D eigenvalue weighted by molar-refractivity contribution is 6.48. The minimum absolute atomic E-state index is 0.440. The zero-order chi connectivity index (χ0) is 10.8. The van der Waals surface area contributed by atoms with Gasteiger partial charge in [0.05, 0.1) is 12.8 Å². The zero-order valence-corrected chi connectivity index (χ0v) is 8.37. The Kier molecular flexibility index (Phi) is 2.41. The molecule has 1 aliphatic heterocycles. The van der Waals surface area contributed by atoms with Crippen LogP contribution in [0.2, 0.25) is 0 Å². The first-order chi connectivity index (χ1) is 7.24. The number of ether oxygens (including phenoxy) is 1. The van der Waals surface area contributed by atoms with Crippen molar-refractivity contribution in [3.63, 3.8) is 0 Å². The molecule has 0 bridgehead atoms. The zero-order valence-electron chi connectivity index (χ0n) is 8.37. The van der Waals surface area contributed by atoms with Gasteiger partial charge in [0.2, 0.25) is 11.6 Å². The summed E-state index contributed by atoms with van der Waals surface area (Å²) in [6.07, 6.45) is 5.51. The van der Waals surface area contributed by atoms with Crippen LogP contribution in [0.1, 0.15) is 6.42 Å². The Bertz CT molecular complexity index is 416. The van der Waals surface area contributed by atoms with E-state index in [0.29, 0.717) is 30.0 Å². The second kappa shape index (κ2) is 3.73. The summed E-state index contributed by atoms with van der Waals surface area (Å²) in [5.41, 5.74) is 1.14. The molecule has 0 saturated heterocycles. The summed E-state index contributed by atoms with van der Waals surface area (Å²) in [6.45, 7) is 0.640. The molecular formula is C11H11NO3. The molecular weight excluding hydrogens is 194 g/mol. The van der Waals surface area contributed by atoms with Crippen molar-refractivity contribution in [1.29, 1.82) is 0 Å². The first kappa shape index (κ1) is 9.71. The first-order valence-corrected chi connectivity index (χ1v) is 4.70. The average Bonchev–Trinajstić information content (AvgIpc) is 2.49. The number of carbonyl (C=O) groups excluding carboxylic acids is 2. The van der Waals surface area contributed by atoms with Crippen LogP contribution in [0.25, 0.3) is 0 Å². The van der Waals surface area contributed by atoms with Gasteiger partial charge in [-0.2, -0.15) is 0 Å². The summed E-state index contributed by atoms with van der Waals surface area (Å²) in [6, 6.07) is 0. The van der Waals surface area contributed by atoms with E-state index in [1.165, 1.54) is 13.2 Å². The summed E-state index contributed by atoms with van der Waals surface area (Å²) in [7, 11) is 1.49. The molecule has 4 nitrogen and oxygen atoms in total. The van der Waals surface area contributed by atoms with Crippen molar-refractivity contribution in [3.8, 4) is 0 Å². The third-order valence-electron chi connectivity index (χ3n) is 2.41. The Labute approximate surface area is 87.3 Å². The van der Waals surface area contributed by atoms with E-state index in [0.717, 1.165) is 0 Å². The third-order valence-corrected chi connectivity index (χ3v) is 2.41. The molecule has 0 radical (unpaired) electrons. The molecule has 0 spiro atoms. The van der Waals surface area contributed by atoms with Gasteiger partial charge in [0.1, 0.15) is 5.76 Å². The number of methoxy groups -OCH3 is 1. The van der Waals surface area contributed by atoms with E-state index in [1.807, 2.05) is 12.2 Å². The quantitative estimate of drug-likeness (QED) is 0.384. The molecule has 1 aliphatic carbocycles. The predicted molar refractivity (Wildman–Crippen MR) is 53.9 cm³/mol. The monoisotopic (exact) mass is 205 g/mol. The molecule has 0 atom stereocenters. The van der Waals surface area contributed by atoms with Gasteiger partial charge in [-0.1, -0.05) is 12.2 Å². The largest absolute Gasteiger partial charge is 0.494 e. The number of hydrogen-bond donors (Lipinski definition) is 1. The van der Waals surface area contributed by atoms with Gasteiger partial charge >= 0.3 is 0 Å². The van der Waals surface area contributed by atoms with Crippen molar-refractivity contribution >= 4 is 11.6 Å². The molecule has 78 valence electrons. The molecule has 1 N–H and O–H groups in total. The highest BCUT2D eigenvalue weighted by atomic mass is 16.5. The molecule has 0 aromatic rings. The maximum Gasteiger partial charge on any atom is 0.231 e. The van der Waals surface area contributed by atoms with Crippen LogP contribution in [-0.2, 0) is 14.3 Å². The number of allylic oxidation sites excluding steroid dienone is 3. The minimum Gasteiger partial charge on any atom is -0.494 e. The van der Waals surface area contributed by atoms with Gasteiger partial charge in [0.15, 0.2) is 0 Å². The fourth-order valence-corrected chi connectivity index (χ4v) is 1.66. The summed E-state index contributed by atoms with van der Waals surface area (Å²) in [4.78, 5) is 22.9. The van der Waals surface area contributed by atoms with Gasteiger partial charge in [-0.3, -0.25) is 9.59 Å². The Morgan fingerprint density at radius 2 is 2.13 bits per heavy atom. The summed E-state index contributed by atoms with van der Waals surface area (Å²) >= 11 is 0. The third kappa shape index (κ3) is 1.58. The normalized spacial score (nSPS) is 20.5. The Hall–Kier alpha value is -1.84. The van der Waals surface area contributed by atoms with Gasteiger partial charge in [-0.05, 0) is 6.42 Å². The van der Waals surface area contributed by atoms with Crippen LogP contribution in [-0.4, -0.2) is 25.2 Å². The molecule has 1 heterocycles. The van der Waals surface area contributed by atoms with E-state index in [1.54, 1.807) is 0 Å². The molecule has 0 fully saturated rings. The molecule has 0 saturated carbocycles. The van der Waals surface area contributed by atoms with Gasteiger partial charge < -0.3 is 10.1 Å². The molecule has 2 aliphatic rings. The second-order valence-corrected chi connectivity index (χ2v) is 3.32. The Balaban J connectivity index is 2.47. The molecule has 0 aromatic heterocycles. The van der Waals surface area contributed by atoms with E-state index >= 15 is 0 Å². The molecule has 0 unspecified atom stereocenters. The van der Waals surface area contributed by atoms with Crippen LogP contribution in [0.4, 0.5) is 0 Å². The van der Waals surface area contributed by atoms with E-state index in [-0.39, 0.29) is 0 Å². The van der Waals surface area contributed by atoms with Gasteiger partial charge in [-0.25, -0.2) is 0 Å². The number of hydrogen-bond acceptors (Lipinski definition) is 4. The van der Waals surface area contributed by atoms with Crippen LogP contribution in [0, 0.1) is 0 Å². The van der Waals surface area contributed by atoms with Gasteiger partial charge in [-0.15, -0.1) is 0 Å². The van der Waals surface area contributed by atoms with Gasteiger partial charge in [0.25, 0.3) is 0 Å². The number of ketones is 2. The highest BCUT2D eigenvalue weighted by Crippen LogP contribution is 2.23. The van der Waals surface area contributed by atoms with Crippen LogP contribution in [0.5, 0.6) is 0 Å². The molecule has 15 heavy (non-hydrogen) atoms. The first-order valence-electron chi connectivity index (χ1n) is 4.70. The van der Waals surface area contributed by atoms with E-state index in [4.69, 9.17) is 4.74 Å². The lowest BCUT2D eigenvalue weighted by molar-refractivity contribution is -0.131. The smallest absolute Gasteiger partial charge is 0.231 e. The van der Waals surface area contributed by atoms with E-state index in [2.05, 4.69) is 5.32 Å². The fourth-order valence-electron chi connectivity index (χ4n) is 1.66. The van der Waals surface area contributed by atoms with Crippen molar-refractivity contribution in [2.45, 2.75) is 6.42 Å². The Morgan fingerprint density at radius 1 is 1.33 bits per heavy atom. The van der Waals surface area contributed by atoms with Crippen molar-refractivity contribution in [2.75, 3.05) is 13.7 Å². The van der Waals surface area contributed by atoms with Crippen molar-refractivity contribution in [2.24, 2.45) is 0 Å². The lowest BCUT2D eigenvalue weighted by Gasteiger charge is -2.18. The van der Waals surface area contributed by atoms with Crippen LogP contribution >= 0.6 is 0 Å². The van der Waals surface area contributed by atoms with Crippen molar-refractivity contribution in [3.05, 3.63) is 35.3 Å². The summed E-state index contributed by atoms with van der Waals surface area (Å²) < 4.78 is 5.07. The maximum atomic E-state index is 11.6. The predicted octanol–water partition coefficient (Wildman–Crippen LogP) is 0.472. The second-order valence-electron chi connectivity index (χ2n) is 3.32. The summed E-state index contributed by atoms with van der Waals surface area (Å²) in [5.74, 6) is -0.508. The van der Waals surface area contributed by atoms with Crippen LogP contribution < -0.4 is 5.32 Å². The van der Waals surface area contributed by atoms with Crippen molar-refractivity contribution < 1.29 is 14.3 Å². The minimum atomic E-state index is -0.511. The topological polar surface area (TPSA) is 55.4 Å². The van der Waals surface area contributed by atoms with Gasteiger partial charge in [0, 0.05) is 18.2 Å². The highest BCUT2D eigenvalue weighted by Gasteiger charge is 2.28. The lowest BCUT2D eigenvalue weighted by Crippen LogP contribution is -2.27. The average molecular weight is 205 g/mol. The van der Waals surface area contributed by atoms with E-state index < -0.39 is 11.6 Å². The van der Waals surface area contributed by atoms with Crippen LogP contribution in [0.15, 0.2) is 35.3 Å². The number of carbonyl (C=O) groups is 2. The molecule has 2 rings (SSSR count). The van der Waals surface area contributed by atoms with Crippen molar-refractivity contribution in [1.82, 2.24) is 5.32 Å². The standard InChI is InChI=1S/C11H11NO3/c1-15-9-6-8(13)11(14)7-4-2-3-5-12-10(7)9/h2-3,6,12H,4-5H2,1H3. The fraction of sp³-hybridized carbons (Fsp3) is 0.273. The summed E-state index contributed by atoms with van der Waals surface area (Å²) in [5, 5.41) is 3.06. The lowest BCUT2D eigenvalue weighted by atomic mass is 9.96. The number of rotatable bonds is 1.